The minimum Gasteiger partial charge on any atom is -0.480 e. The molecule has 38 heavy (non-hydrogen) atoms. The monoisotopic (exact) mass is 560 g/mol. The van der Waals surface area contributed by atoms with Crippen LogP contribution in [0.5, 0.6) is 0 Å². The molecule has 1 rings (SSSR count). The largest absolute Gasteiger partial charge is 0.480 e. The molecule has 13 heteroatoms. The van der Waals surface area contributed by atoms with E-state index < -0.39 is 47.7 Å². The number of unbranched alkanes of at least 4 members (excludes halogenated alkanes) is 1. The minimum atomic E-state index is -1.19. The zero-order valence-corrected chi connectivity index (χ0v) is 22.9. The van der Waals surface area contributed by atoms with Gasteiger partial charge in [0.15, 0.2) is 0 Å². The number of amides is 1. The smallest absolute Gasteiger partial charge is 0.408 e. The summed E-state index contributed by atoms with van der Waals surface area (Å²) in [5.41, 5.74) is 16.1. The molecule has 1 aromatic rings. The number of carboxylic acids is 2. The maximum atomic E-state index is 12.0. The van der Waals surface area contributed by atoms with Crippen LogP contribution in [0.4, 0.5) is 4.79 Å². The summed E-state index contributed by atoms with van der Waals surface area (Å²) >= 11 is 5.99. The van der Waals surface area contributed by atoms with Gasteiger partial charge in [0, 0.05) is 10.6 Å². The van der Waals surface area contributed by atoms with Crippen molar-refractivity contribution in [3.63, 3.8) is 0 Å². The summed E-state index contributed by atoms with van der Waals surface area (Å²) in [6.45, 7) is 5.64. The van der Waals surface area contributed by atoms with Crippen molar-refractivity contribution in [2.24, 2.45) is 17.2 Å². The van der Waals surface area contributed by atoms with E-state index in [-0.39, 0.29) is 19.4 Å². The molecule has 1 unspecified atom stereocenters. The molecule has 0 saturated carbocycles. The highest BCUT2D eigenvalue weighted by atomic mass is 35.5. The Morgan fingerprint density at radius 3 is 2.08 bits per heavy atom. The molecule has 3 atom stereocenters. The number of rotatable bonds is 14. The van der Waals surface area contributed by atoms with Gasteiger partial charge in [0.25, 0.3) is 0 Å². The van der Waals surface area contributed by atoms with E-state index in [1.54, 1.807) is 45.0 Å². The van der Waals surface area contributed by atoms with Gasteiger partial charge in [-0.1, -0.05) is 36.2 Å². The molecule has 0 aliphatic heterocycles. The topological polar surface area (TPSA) is 217 Å². The van der Waals surface area contributed by atoms with E-state index in [9.17, 15) is 24.3 Å². The number of carbonyl (C=O) groups is 4. The van der Waals surface area contributed by atoms with E-state index in [1.165, 1.54) is 0 Å². The Kier molecular flexibility index (Phi) is 16.9. The first-order chi connectivity index (χ1) is 17.7. The van der Waals surface area contributed by atoms with E-state index in [0.29, 0.717) is 30.0 Å². The van der Waals surface area contributed by atoms with Gasteiger partial charge in [-0.25, -0.2) is 9.59 Å². The third-order valence-electron chi connectivity index (χ3n) is 4.91. The van der Waals surface area contributed by atoms with Crippen LogP contribution in [-0.2, 0) is 30.5 Å². The van der Waals surface area contributed by atoms with Crippen molar-refractivity contribution in [3.8, 4) is 0 Å². The summed E-state index contributed by atoms with van der Waals surface area (Å²) < 4.78 is 10.2. The first-order valence-electron chi connectivity index (χ1n) is 12.2. The quantitative estimate of drug-likeness (QED) is 0.143. The second-order valence-electron chi connectivity index (χ2n) is 9.50. The number of hydrogen-bond donors (Lipinski definition) is 6. The predicted molar refractivity (Wildman–Crippen MR) is 142 cm³/mol. The molecule has 0 radical (unpaired) electrons. The molecule has 0 bridgehead atoms. The molecule has 216 valence electrons. The number of carboxylic acid groups (broad SMARTS) is 2. The molecule has 0 aliphatic carbocycles. The molecule has 0 saturated heterocycles. The summed E-state index contributed by atoms with van der Waals surface area (Å²) in [5.74, 6) is -2.73. The van der Waals surface area contributed by atoms with Crippen molar-refractivity contribution in [2.45, 2.75) is 89.6 Å². The maximum absolute atomic E-state index is 12.0. The van der Waals surface area contributed by atoms with Gasteiger partial charge in [-0.05, 0) is 65.5 Å². The van der Waals surface area contributed by atoms with Crippen LogP contribution < -0.4 is 22.5 Å². The Hall–Kier alpha value is -2.93. The normalized spacial score (nSPS) is 13.2. The lowest BCUT2D eigenvalue weighted by molar-refractivity contribution is -0.146. The predicted octanol–water partition coefficient (Wildman–Crippen LogP) is 2.39. The van der Waals surface area contributed by atoms with Gasteiger partial charge < -0.3 is 42.2 Å². The summed E-state index contributed by atoms with van der Waals surface area (Å²) in [6.07, 6.45) is 1.96. The van der Waals surface area contributed by atoms with Crippen molar-refractivity contribution in [2.75, 3.05) is 6.54 Å². The highest BCUT2D eigenvalue weighted by molar-refractivity contribution is 6.31. The number of carbonyl (C=O) groups excluding carboxylic acids is 2. The van der Waals surface area contributed by atoms with Crippen molar-refractivity contribution in [3.05, 3.63) is 34.9 Å². The van der Waals surface area contributed by atoms with E-state index >= 15 is 0 Å². The average molecular weight is 561 g/mol. The summed E-state index contributed by atoms with van der Waals surface area (Å²) in [4.78, 5) is 45.1. The van der Waals surface area contributed by atoms with E-state index in [4.69, 9.17) is 43.4 Å². The molecular formula is C25H41ClN4O8. The van der Waals surface area contributed by atoms with Gasteiger partial charge >= 0.3 is 24.0 Å². The van der Waals surface area contributed by atoms with Crippen LogP contribution in [0.2, 0.25) is 5.02 Å². The third kappa shape index (κ3) is 16.7. The van der Waals surface area contributed by atoms with Crippen molar-refractivity contribution < 1.29 is 38.9 Å². The fourth-order valence-corrected chi connectivity index (χ4v) is 3.06. The van der Waals surface area contributed by atoms with Crippen molar-refractivity contribution in [1.82, 2.24) is 5.32 Å². The van der Waals surface area contributed by atoms with Crippen LogP contribution in [0.1, 0.15) is 64.9 Å². The Morgan fingerprint density at radius 1 is 0.947 bits per heavy atom. The zero-order chi connectivity index (χ0) is 29.3. The zero-order valence-electron chi connectivity index (χ0n) is 22.2. The van der Waals surface area contributed by atoms with Gasteiger partial charge in [-0.3, -0.25) is 9.59 Å². The first-order valence-corrected chi connectivity index (χ1v) is 12.6. The lowest BCUT2D eigenvalue weighted by atomic mass is 10.1. The molecule has 1 aromatic carbocycles. The number of nitrogens with one attached hydrogen (secondary N) is 1. The highest BCUT2D eigenvalue weighted by Crippen LogP contribution is 2.16. The van der Waals surface area contributed by atoms with Crippen LogP contribution in [0.25, 0.3) is 0 Å². The van der Waals surface area contributed by atoms with Crippen LogP contribution in [0.15, 0.2) is 24.3 Å². The second kappa shape index (κ2) is 18.3. The lowest BCUT2D eigenvalue weighted by Crippen LogP contribution is -2.43. The van der Waals surface area contributed by atoms with Gasteiger partial charge in [0.05, 0.1) is 0 Å². The number of aliphatic carboxylic acids is 2. The number of alkyl carbamates (subject to hydrolysis) is 1. The summed E-state index contributed by atoms with van der Waals surface area (Å²) in [6, 6.07) is 4.21. The second-order valence-corrected chi connectivity index (χ2v) is 9.91. The number of nitrogens with two attached hydrogens (primary N) is 3. The maximum Gasteiger partial charge on any atom is 0.408 e. The molecule has 1 amide bonds. The van der Waals surface area contributed by atoms with Gasteiger partial charge in [-0.15, -0.1) is 0 Å². The van der Waals surface area contributed by atoms with Gasteiger partial charge in [-0.2, -0.15) is 0 Å². The summed E-state index contributed by atoms with van der Waals surface area (Å²) in [5, 5.41) is 20.3. The first kappa shape index (κ1) is 35.1. The van der Waals surface area contributed by atoms with Gasteiger partial charge in [0.1, 0.15) is 30.3 Å². The number of esters is 1. The molecule has 0 spiro atoms. The molecule has 0 aromatic heterocycles. The Balaban J connectivity index is 0.00000115. The molecule has 0 heterocycles. The van der Waals surface area contributed by atoms with E-state index in [0.717, 1.165) is 12.8 Å². The number of benzene rings is 1. The Bertz CT molecular complexity index is 894. The highest BCUT2D eigenvalue weighted by Gasteiger charge is 2.24. The molecule has 0 aliphatic rings. The van der Waals surface area contributed by atoms with E-state index in [2.05, 4.69) is 5.32 Å². The number of hydrogen-bond acceptors (Lipinski definition) is 9. The fourth-order valence-electron chi connectivity index (χ4n) is 2.87. The van der Waals surface area contributed by atoms with E-state index in [1.807, 2.05) is 0 Å². The van der Waals surface area contributed by atoms with Crippen molar-refractivity contribution >= 4 is 35.6 Å². The summed E-state index contributed by atoms with van der Waals surface area (Å²) in [7, 11) is 0. The molecule has 9 N–H and O–H groups in total. The van der Waals surface area contributed by atoms with Crippen LogP contribution in [0, 0.1) is 0 Å². The van der Waals surface area contributed by atoms with Crippen LogP contribution in [-0.4, -0.2) is 64.5 Å². The van der Waals surface area contributed by atoms with Crippen molar-refractivity contribution in [1.29, 1.82) is 0 Å². The van der Waals surface area contributed by atoms with Crippen LogP contribution in [0.3, 0.4) is 0 Å². The molecular weight excluding hydrogens is 520 g/mol. The lowest BCUT2D eigenvalue weighted by Gasteiger charge is -2.22. The Morgan fingerprint density at radius 2 is 1.55 bits per heavy atom. The number of ether oxygens (including phenoxy) is 2. The third-order valence-corrected chi connectivity index (χ3v) is 5.28. The SMILES string of the molecule is CC(C)(C)OC(=O)N[C@@H](CCCC(N)C(=O)OCc1ccccc1Cl)C(=O)O.NCCCC[C@H](N)C(=O)O. The Labute approximate surface area is 228 Å². The van der Waals surface area contributed by atoms with Gasteiger partial charge in [0.2, 0.25) is 0 Å². The number of halogens is 1. The molecule has 0 fully saturated rings. The van der Waals surface area contributed by atoms with Crippen LogP contribution >= 0.6 is 11.6 Å². The molecule has 12 nitrogen and oxygen atoms in total. The standard InChI is InChI=1S/C19H27ClN2O6.C6H14N2O2/c1-19(2,3)28-18(26)22-15(16(23)24)10-6-9-14(21)17(25)27-11-12-7-4-5-8-13(12)20;7-4-2-1-3-5(8)6(9)10/h4-5,7-8,14-15H,6,9-11,21H2,1-3H3,(H,22,26)(H,23,24);5H,1-4,7-8H2,(H,9,10)/t14?,15-;5-/m00/s1. The average Bonchev–Trinajstić information content (AvgIpc) is 2.81. The fraction of sp³-hybridized carbons (Fsp3) is 0.600. The minimum absolute atomic E-state index is 0.00412.